The molecule has 1 saturated carbocycles. The maximum absolute atomic E-state index is 10.9. The van der Waals surface area contributed by atoms with Crippen molar-refractivity contribution in [3.05, 3.63) is 47.5 Å². The van der Waals surface area contributed by atoms with Crippen LogP contribution in [0.4, 0.5) is 0 Å². The number of carboxylic acid groups (broad SMARTS) is 1. The molecular weight excluding hydrogens is 420 g/mol. The molecule has 7 heteroatoms. The van der Waals surface area contributed by atoms with Gasteiger partial charge in [-0.3, -0.25) is 9.69 Å². The molecule has 1 heterocycles. The van der Waals surface area contributed by atoms with Gasteiger partial charge >= 0.3 is 5.97 Å². The summed E-state index contributed by atoms with van der Waals surface area (Å²) >= 11 is 0. The summed E-state index contributed by atoms with van der Waals surface area (Å²) in [6, 6.07) is 8.61. The molecule has 2 N–H and O–H groups in total. The predicted molar refractivity (Wildman–Crippen MR) is 128 cm³/mol. The van der Waals surface area contributed by atoms with Crippen molar-refractivity contribution in [2.45, 2.75) is 63.5 Å². The van der Waals surface area contributed by atoms with Crippen LogP contribution >= 0.6 is 0 Å². The van der Waals surface area contributed by atoms with Crippen LogP contribution in [0.1, 0.15) is 43.2 Å². The molecule has 0 aromatic heterocycles. The Hall–Kier alpha value is -1.77. The van der Waals surface area contributed by atoms with Crippen LogP contribution < -0.4 is 0 Å². The maximum atomic E-state index is 10.9. The van der Waals surface area contributed by atoms with Gasteiger partial charge in [-0.15, -0.1) is 0 Å². The number of aliphatic carboxylic acids is 1. The van der Waals surface area contributed by atoms with Gasteiger partial charge in [-0.2, -0.15) is 0 Å². The fourth-order valence-corrected chi connectivity index (χ4v) is 4.98. The van der Waals surface area contributed by atoms with Crippen LogP contribution in [0.3, 0.4) is 0 Å². The standard InChI is InChI=1S/C26H40N2O5/c1-27(2)18-20-9-11-21(12-10-20)19-33-24-17-23(29)26(28-13-15-32-16-14-28)22(24)7-5-3-4-6-8-25(30)31/h3,5,9-12,22-24,26,29H,4,6-8,13-19H2,1-2H3,(H,30,31)/t22-,23+,24-,26+/m0/s1. The Balaban J connectivity index is 1.60. The van der Waals surface area contributed by atoms with E-state index in [4.69, 9.17) is 14.6 Å². The number of nitrogens with zero attached hydrogens (tertiary/aromatic N) is 2. The molecule has 0 bridgehead atoms. The first-order valence-electron chi connectivity index (χ1n) is 12.1. The summed E-state index contributed by atoms with van der Waals surface area (Å²) in [5.41, 5.74) is 2.42. The quantitative estimate of drug-likeness (QED) is 0.367. The number of unbranched alkanes of at least 4 members (excludes halogenated alkanes) is 1. The molecule has 4 atom stereocenters. The number of morpholine rings is 1. The Morgan fingerprint density at radius 3 is 2.55 bits per heavy atom. The third kappa shape index (κ3) is 8.19. The number of hydrogen-bond acceptors (Lipinski definition) is 6. The van der Waals surface area contributed by atoms with Crippen LogP contribution in [0, 0.1) is 5.92 Å². The van der Waals surface area contributed by atoms with E-state index in [9.17, 15) is 9.90 Å². The second kappa shape index (κ2) is 13.2. The van der Waals surface area contributed by atoms with Crippen molar-refractivity contribution < 1.29 is 24.5 Å². The molecule has 1 aliphatic heterocycles. The molecule has 2 fully saturated rings. The van der Waals surface area contributed by atoms with Gasteiger partial charge in [-0.05, 0) is 44.5 Å². The largest absolute Gasteiger partial charge is 0.481 e. The van der Waals surface area contributed by atoms with E-state index < -0.39 is 12.1 Å². The number of hydrogen-bond donors (Lipinski definition) is 2. The molecule has 0 amide bonds. The number of carbonyl (C=O) groups is 1. The molecule has 1 aromatic carbocycles. The van der Waals surface area contributed by atoms with Crippen molar-refractivity contribution in [3.8, 4) is 0 Å². The molecule has 0 spiro atoms. The molecular formula is C26H40N2O5. The molecule has 0 unspecified atom stereocenters. The van der Waals surface area contributed by atoms with Gasteiger partial charge in [0.2, 0.25) is 0 Å². The van der Waals surface area contributed by atoms with Crippen LogP contribution in [-0.2, 0) is 27.4 Å². The van der Waals surface area contributed by atoms with Crippen LogP contribution in [0.25, 0.3) is 0 Å². The van der Waals surface area contributed by atoms with Crippen LogP contribution in [0.2, 0.25) is 0 Å². The van der Waals surface area contributed by atoms with Gasteiger partial charge in [0.1, 0.15) is 0 Å². The van der Waals surface area contributed by atoms with Gasteiger partial charge in [0, 0.05) is 44.4 Å². The highest BCUT2D eigenvalue weighted by molar-refractivity contribution is 5.66. The number of allylic oxidation sites excluding steroid dienone is 2. The highest BCUT2D eigenvalue weighted by atomic mass is 16.5. The first kappa shape index (κ1) is 25.8. The van der Waals surface area contributed by atoms with Crippen LogP contribution in [0.5, 0.6) is 0 Å². The van der Waals surface area contributed by atoms with Gasteiger partial charge in [-0.1, -0.05) is 36.4 Å². The Kier molecular flexibility index (Phi) is 10.3. The zero-order valence-electron chi connectivity index (χ0n) is 20.1. The first-order chi connectivity index (χ1) is 15.9. The fourth-order valence-electron chi connectivity index (χ4n) is 4.98. The number of rotatable bonds is 12. The zero-order chi connectivity index (χ0) is 23.6. The highest BCUT2D eigenvalue weighted by Gasteiger charge is 2.45. The lowest BCUT2D eigenvalue weighted by atomic mass is 9.94. The lowest BCUT2D eigenvalue weighted by Crippen LogP contribution is -2.50. The Bertz CT molecular complexity index is 746. The Morgan fingerprint density at radius 2 is 1.88 bits per heavy atom. The first-order valence-corrected chi connectivity index (χ1v) is 12.1. The molecule has 1 aliphatic carbocycles. The monoisotopic (exact) mass is 460 g/mol. The van der Waals surface area contributed by atoms with Crippen molar-refractivity contribution in [2.75, 3.05) is 40.4 Å². The number of carboxylic acids is 1. The number of ether oxygens (including phenoxy) is 2. The second-order valence-corrected chi connectivity index (χ2v) is 9.50. The molecule has 1 aromatic rings. The van der Waals surface area contributed by atoms with Gasteiger partial charge in [-0.25, -0.2) is 0 Å². The number of benzene rings is 1. The molecule has 33 heavy (non-hydrogen) atoms. The summed E-state index contributed by atoms with van der Waals surface area (Å²) in [6.45, 7) is 4.52. The van der Waals surface area contributed by atoms with E-state index in [1.807, 2.05) is 0 Å². The maximum Gasteiger partial charge on any atom is 0.303 e. The minimum absolute atomic E-state index is 0.0158. The molecule has 7 nitrogen and oxygen atoms in total. The molecule has 184 valence electrons. The lowest BCUT2D eigenvalue weighted by molar-refractivity contribution is -0.137. The predicted octanol–water partition coefficient (Wildman–Crippen LogP) is 2.92. The van der Waals surface area contributed by atoms with E-state index in [2.05, 4.69) is 60.3 Å². The van der Waals surface area contributed by atoms with E-state index in [1.54, 1.807) is 0 Å². The SMILES string of the molecule is CN(C)Cc1ccc(CO[C@H]2C[C@@H](O)[C@H](N3CCOCC3)[C@H]2CC=CCCCC(=O)O)cc1. The van der Waals surface area contributed by atoms with Crippen molar-refractivity contribution >= 4 is 5.97 Å². The molecule has 3 rings (SSSR count). The smallest absolute Gasteiger partial charge is 0.303 e. The fraction of sp³-hybridized carbons (Fsp3) is 0.654. The van der Waals surface area contributed by atoms with E-state index in [-0.39, 0.29) is 24.5 Å². The average molecular weight is 461 g/mol. The summed E-state index contributed by atoms with van der Waals surface area (Å²) in [5.74, 6) is -0.556. The van der Waals surface area contributed by atoms with Crippen molar-refractivity contribution in [3.63, 3.8) is 0 Å². The van der Waals surface area contributed by atoms with E-state index in [0.717, 1.165) is 38.0 Å². The van der Waals surface area contributed by atoms with E-state index in [1.165, 1.54) is 5.56 Å². The van der Waals surface area contributed by atoms with Crippen LogP contribution in [0.15, 0.2) is 36.4 Å². The minimum Gasteiger partial charge on any atom is -0.481 e. The van der Waals surface area contributed by atoms with Gasteiger partial charge in [0.15, 0.2) is 0 Å². The molecule has 2 aliphatic rings. The van der Waals surface area contributed by atoms with E-state index in [0.29, 0.717) is 32.7 Å². The van der Waals surface area contributed by atoms with Gasteiger partial charge in [0.25, 0.3) is 0 Å². The molecule has 1 saturated heterocycles. The minimum atomic E-state index is -0.752. The Morgan fingerprint density at radius 1 is 1.18 bits per heavy atom. The summed E-state index contributed by atoms with van der Waals surface area (Å²) in [6.07, 6.45) is 6.84. The van der Waals surface area contributed by atoms with Crippen molar-refractivity contribution in [1.29, 1.82) is 0 Å². The average Bonchev–Trinajstić information content (AvgIpc) is 3.10. The lowest BCUT2D eigenvalue weighted by Gasteiger charge is -2.37. The van der Waals surface area contributed by atoms with Crippen molar-refractivity contribution in [2.24, 2.45) is 5.92 Å². The Labute approximate surface area is 198 Å². The summed E-state index contributed by atoms with van der Waals surface area (Å²) in [5, 5.41) is 19.8. The third-order valence-corrected chi connectivity index (χ3v) is 6.57. The number of aliphatic hydroxyl groups excluding tert-OH is 1. The summed E-state index contributed by atoms with van der Waals surface area (Å²) in [7, 11) is 4.13. The normalized spacial score (nSPS) is 26.4. The van der Waals surface area contributed by atoms with Crippen molar-refractivity contribution in [1.82, 2.24) is 9.80 Å². The summed E-state index contributed by atoms with van der Waals surface area (Å²) < 4.78 is 11.9. The number of aliphatic hydroxyl groups is 1. The van der Waals surface area contributed by atoms with Gasteiger partial charge in [0.05, 0.1) is 32.0 Å². The van der Waals surface area contributed by atoms with E-state index >= 15 is 0 Å². The highest BCUT2D eigenvalue weighted by Crippen LogP contribution is 2.36. The topological polar surface area (TPSA) is 82.5 Å². The van der Waals surface area contributed by atoms with Crippen LogP contribution in [-0.4, -0.2) is 84.6 Å². The zero-order valence-corrected chi connectivity index (χ0v) is 20.1. The summed E-state index contributed by atoms with van der Waals surface area (Å²) in [4.78, 5) is 15.2. The second-order valence-electron chi connectivity index (χ2n) is 9.50. The molecule has 0 radical (unpaired) electrons. The third-order valence-electron chi connectivity index (χ3n) is 6.57. The van der Waals surface area contributed by atoms with Gasteiger partial charge < -0.3 is 24.6 Å².